The second-order valence-electron chi connectivity index (χ2n) is 2.48. The number of hydrogen-bond donors (Lipinski definition) is 0. The highest BCUT2D eigenvalue weighted by molar-refractivity contribution is 9.10. The van der Waals surface area contributed by atoms with Crippen LogP contribution in [0.4, 0.5) is 0 Å². The van der Waals surface area contributed by atoms with Crippen molar-refractivity contribution in [2.24, 2.45) is 4.99 Å². The molecule has 0 bridgehead atoms. The molecule has 2 heterocycles. The third-order valence-electron chi connectivity index (χ3n) is 1.62. The molecule has 4 heteroatoms. The van der Waals surface area contributed by atoms with Crippen molar-refractivity contribution in [1.29, 1.82) is 0 Å². The van der Waals surface area contributed by atoms with Crippen LogP contribution in [0.15, 0.2) is 27.9 Å². The van der Waals surface area contributed by atoms with Crippen molar-refractivity contribution in [3.8, 4) is 0 Å². The molecule has 1 aromatic heterocycles. The lowest BCUT2D eigenvalue weighted by atomic mass is 10.2. The topological polar surface area (TPSA) is 34.5 Å². The Labute approximate surface area is 78.6 Å². The maximum Gasteiger partial charge on any atom is 0.138 e. The van der Waals surface area contributed by atoms with E-state index in [2.05, 4.69) is 25.9 Å². The highest BCUT2D eigenvalue weighted by Gasteiger charge is 2.13. The predicted octanol–water partition coefficient (Wildman–Crippen LogP) is 1.94. The molecule has 0 N–H and O–H groups in total. The van der Waals surface area contributed by atoms with Crippen molar-refractivity contribution in [2.45, 2.75) is 6.10 Å². The molecule has 1 aliphatic rings. The lowest BCUT2D eigenvalue weighted by Gasteiger charge is -2.05. The van der Waals surface area contributed by atoms with E-state index in [9.17, 15) is 0 Å². The molecule has 62 valence electrons. The Hall–Kier alpha value is -0.740. The van der Waals surface area contributed by atoms with Crippen LogP contribution in [0.2, 0.25) is 0 Å². The quantitative estimate of drug-likeness (QED) is 0.734. The smallest absolute Gasteiger partial charge is 0.138 e. The minimum absolute atomic E-state index is 0.0185. The molecule has 0 radical (unpaired) electrons. The summed E-state index contributed by atoms with van der Waals surface area (Å²) in [7, 11) is 0. The fraction of sp³-hybridized carbons (Fsp3) is 0.250. The zero-order valence-electron chi connectivity index (χ0n) is 6.27. The normalized spacial score (nSPS) is 21.6. The first-order valence-electron chi connectivity index (χ1n) is 3.58. The zero-order chi connectivity index (χ0) is 8.39. The molecule has 1 atom stereocenters. The molecule has 0 saturated carbocycles. The average Bonchev–Trinajstić information content (AvgIpc) is 2.56. The maximum atomic E-state index is 5.31. The SMILES string of the molecule is Brc1cncc(C2C=NCO2)c1. The van der Waals surface area contributed by atoms with Crippen LogP contribution in [0.1, 0.15) is 11.7 Å². The van der Waals surface area contributed by atoms with Crippen LogP contribution in [0.5, 0.6) is 0 Å². The monoisotopic (exact) mass is 226 g/mol. The molecule has 1 aromatic rings. The Kier molecular flexibility index (Phi) is 2.19. The molecule has 1 aliphatic heterocycles. The van der Waals surface area contributed by atoms with Crippen molar-refractivity contribution < 1.29 is 4.74 Å². The standard InChI is InChI=1S/C8H7BrN2O/c9-7-1-6(2-10-3-7)8-4-11-5-12-8/h1-4,8H,5H2. The van der Waals surface area contributed by atoms with E-state index in [0.29, 0.717) is 6.73 Å². The molecule has 1 unspecified atom stereocenters. The minimum Gasteiger partial charge on any atom is -0.346 e. The fourth-order valence-corrected chi connectivity index (χ4v) is 1.45. The lowest BCUT2D eigenvalue weighted by Crippen LogP contribution is -1.99. The van der Waals surface area contributed by atoms with Gasteiger partial charge in [-0.25, -0.2) is 0 Å². The number of pyridine rings is 1. The van der Waals surface area contributed by atoms with Gasteiger partial charge in [0.2, 0.25) is 0 Å². The van der Waals surface area contributed by atoms with E-state index in [1.165, 1.54) is 0 Å². The first kappa shape index (κ1) is 7.89. The number of nitrogens with zero attached hydrogens (tertiary/aromatic N) is 2. The number of hydrogen-bond acceptors (Lipinski definition) is 3. The van der Waals surface area contributed by atoms with Crippen LogP contribution < -0.4 is 0 Å². The molecule has 0 aliphatic carbocycles. The maximum absolute atomic E-state index is 5.31. The molecule has 0 saturated heterocycles. The zero-order valence-corrected chi connectivity index (χ0v) is 7.86. The van der Waals surface area contributed by atoms with Crippen molar-refractivity contribution >= 4 is 22.1 Å². The van der Waals surface area contributed by atoms with Crippen molar-refractivity contribution in [3.63, 3.8) is 0 Å². The van der Waals surface area contributed by atoms with Gasteiger partial charge in [-0.15, -0.1) is 0 Å². The summed E-state index contributed by atoms with van der Waals surface area (Å²) in [5.74, 6) is 0. The number of rotatable bonds is 1. The summed E-state index contributed by atoms with van der Waals surface area (Å²) in [5, 5.41) is 0. The van der Waals surface area contributed by atoms with Gasteiger partial charge >= 0.3 is 0 Å². The highest BCUT2D eigenvalue weighted by Crippen LogP contribution is 2.20. The summed E-state index contributed by atoms with van der Waals surface area (Å²) in [5.41, 5.74) is 1.03. The molecule has 3 nitrogen and oxygen atoms in total. The van der Waals surface area contributed by atoms with E-state index in [1.54, 1.807) is 18.6 Å². The Balaban J connectivity index is 2.27. The summed E-state index contributed by atoms with van der Waals surface area (Å²) in [6.45, 7) is 0.456. The van der Waals surface area contributed by atoms with Crippen molar-refractivity contribution in [2.75, 3.05) is 6.73 Å². The molecule has 12 heavy (non-hydrogen) atoms. The van der Waals surface area contributed by atoms with Gasteiger partial charge in [-0.05, 0) is 22.0 Å². The van der Waals surface area contributed by atoms with Crippen molar-refractivity contribution in [3.05, 3.63) is 28.5 Å². The predicted molar refractivity (Wildman–Crippen MR) is 49.1 cm³/mol. The van der Waals surface area contributed by atoms with Gasteiger partial charge in [0.15, 0.2) is 0 Å². The van der Waals surface area contributed by atoms with Crippen LogP contribution in [0, 0.1) is 0 Å². The summed E-state index contributed by atoms with van der Waals surface area (Å²) >= 11 is 3.35. The van der Waals surface area contributed by atoms with E-state index in [1.807, 2.05) is 6.07 Å². The van der Waals surface area contributed by atoms with Crippen molar-refractivity contribution in [1.82, 2.24) is 4.98 Å². The molecular formula is C8H7BrN2O. The summed E-state index contributed by atoms with van der Waals surface area (Å²) in [6.07, 6.45) is 5.31. The Morgan fingerprint density at radius 2 is 2.42 bits per heavy atom. The summed E-state index contributed by atoms with van der Waals surface area (Å²) in [6, 6.07) is 1.98. The number of halogens is 1. The van der Waals surface area contributed by atoms with Gasteiger partial charge in [0.05, 0.1) is 0 Å². The second kappa shape index (κ2) is 3.33. The Bertz CT molecular complexity index is 314. The molecule has 0 aromatic carbocycles. The number of aliphatic imine (C=N–C) groups is 1. The van der Waals surface area contributed by atoms with Gasteiger partial charge < -0.3 is 4.74 Å². The third-order valence-corrected chi connectivity index (χ3v) is 2.06. The van der Waals surface area contributed by atoms with E-state index < -0.39 is 0 Å². The summed E-state index contributed by atoms with van der Waals surface area (Å²) < 4.78 is 6.27. The molecule has 2 rings (SSSR count). The average molecular weight is 227 g/mol. The first-order valence-corrected chi connectivity index (χ1v) is 4.37. The van der Waals surface area contributed by atoms with Gasteiger partial charge in [0.1, 0.15) is 12.8 Å². The Morgan fingerprint density at radius 3 is 3.08 bits per heavy atom. The van der Waals surface area contributed by atoms with Gasteiger partial charge in [0, 0.05) is 28.6 Å². The van der Waals surface area contributed by atoms with Crippen LogP contribution in [0.3, 0.4) is 0 Å². The van der Waals surface area contributed by atoms with Gasteiger partial charge in [-0.3, -0.25) is 9.98 Å². The van der Waals surface area contributed by atoms with Crippen LogP contribution in [-0.2, 0) is 4.74 Å². The largest absolute Gasteiger partial charge is 0.346 e. The first-order chi connectivity index (χ1) is 5.86. The van der Waals surface area contributed by atoms with Crippen LogP contribution in [-0.4, -0.2) is 17.9 Å². The van der Waals surface area contributed by atoms with E-state index in [-0.39, 0.29) is 6.10 Å². The van der Waals surface area contributed by atoms with Gasteiger partial charge in [-0.2, -0.15) is 0 Å². The van der Waals surface area contributed by atoms with Gasteiger partial charge in [0.25, 0.3) is 0 Å². The molecule has 0 amide bonds. The number of ether oxygens (including phenoxy) is 1. The highest BCUT2D eigenvalue weighted by atomic mass is 79.9. The molecule has 0 spiro atoms. The minimum atomic E-state index is -0.0185. The third kappa shape index (κ3) is 1.54. The lowest BCUT2D eigenvalue weighted by molar-refractivity contribution is 0.129. The van der Waals surface area contributed by atoms with Crippen LogP contribution >= 0.6 is 15.9 Å². The second-order valence-corrected chi connectivity index (χ2v) is 3.40. The molecule has 0 fully saturated rings. The van der Waals surface area contributed by atoms with Gasteiger partial charge in [-0.1, -0.05) is 0 Å². The number of aromatic nitrogens is 1. The Morgan fingerprint density at radius 1 is 1.50 bits per heavy atom. The molecular weight excluding hydrogens is 220 g/mol. The van der Waals surface area contributed by atoms with E-state index in [0.717, 1.165) is 10.0 Å². The van der Waals surface area contributed by atoms with E-state index >= 15 is 0 Å². The summed E-state index contributed by atoms with van der Waals surface area (Å²) in [4.78, 5) is 8.02. The van der Waals surface area contributed by atoms with E-state index in [4.69, 9.17) is 4.74 Å². The van der Waals surface area contributed by atoms with Crippen LogP contribution in [0.25, 0.3) is 0 Å². The fourth-order valence-electron chi connectivity index (χ4n) is 1.07.